The summed E-state index contributed by atoms with van der Waals surface area (Å²) in [6.07, 6.45) is -10.6. The van der Waals surface area contributed by atoms with Gasteiger partial charge in [0.25, 0.3) is 0 Å². The lowest BCUT2D eigenvalue weighted by Crippen LogP contribution is -2.68. The number of hydrogen-bond acceptors (Lipinski definition) is 5. The van der Waals surface area contributed by atoms with Gasteiger partial charge < -0.3 is 0 Å². The summed E-state index contributed by atoms with van der Waals surface area (Å²) in [5, 5.41) is 10.0. The van der Waals surface area contributed by atoms with Crippen LogP contribution >= 0.6 is 11.8 Å². The molecule has 4 nitrogen and oxygen atoms in total. The Kier molecular flexibility index (Phi) is 6.37. The lowest BCUT2D eigenvalue weighted by Gasteiger charge is -2.53. The number of nitrogens with two attached hydrogens (primary N) is 1. The van der Waals surface area contributed by atoms with Crippen molar-refractivity contribution in [2.45, 2.75) is 49.8 Å². The van der Waals surface area contributed by atoms with Crippen LogP contribution < -0.4 is 5.84 Å². The third-order valence-corrected chi connectivity index (χ3v) is 6.05. The summed E-state index contributed by atoms with van der Waals surface area (Å²) in [6, 6.07) is 4.41. The van der Waals surface area contributed by atoms with Crippen molar-refractivity contribution in [3.8, 4) is 6.07 Å². The molecule has 1 aromatic carbocycles. The van der Waals surface area contributed by atoms with Gasteiger partial charge in [-0.25, -0.2) is 10.0 Å². The molecule has 0 aromatic heterocycles. The Hall–Kier alpha value is -1.77. The van der Waals surface area contributed by atoms with Gasteiger partial charge >= 0.3 is 12.4 Å². The van der Waals surface area contributed by atoms with Crippen LogP contribution in [0.1, 0.15) is 37.8 Å². The minimum atomic E-state index is -4.75. The van der Waals surface area contributed by atoms with Crippen LogP contribution in [0, 0.1) is 11.3 Å². The van der Waals surface area contributed by atoms with E-state index >= 15 is 0 Å². The third kappa shape index (κ3) is 4.45. The van der Waals surface area contributed by atoms with Crippen LogP contribution in [0.15, 0.2) is 23.2 Å². The molecule has 1 saturated heterocycles. The van der Waals surface area contributed by atoms with E-state index in [1.165, 1.54) is 17.1 Å². The Labute approximate surface area is 162 Å². The Balaban J connectivity index is 2.47. The number of rotatable bonds is 5. The highest BCUT2D eigenvalue weighted by Gasteiger charge is 2.55. The van der Waals surface area contributed by atoms with Gasteiger partial charge in [0.15, 0.2) is 0 Å². The first kappa shape index (κ1) is 22.5. The molecule has 0 radical (unpaired) electrons. The van der Waals surface area contributed by atoms with Crippen LogP contribution in [0.25, 0.3) is 0 Å². The highest BCUT2D eigenvalue weighted by Crippen LogP contribution is 2.49. The minimum Gasteiger partial charge on any atom is -0.268 e. The monoisotopic (exact) mass is 424 g/mol. The fraction of sp³-hybridized carbons (Fsp3) is 0.529. The van der Waals surface area contributed by atoms with Gasteiger partial charge in [-0.15, -0.1) is 11.8 Å². The number of benzene rings is 1. The van der Waals surface area contributed by atoms with Crippen molar-refractivity contribution in [2.75, 3.05) is 6.54 Å². The second kappa shape index (κ2) is 7.93. The number of nitrogens with zero attached hydrogens (tertiary/aromatic N) is 3. The van der Waals surface area contributed by atoms with Crippen LogP contribution in [-0.2, 0) is 6.18 Å². The Morgan fingerprint density at radius 3 is 2.39 bits per heavy atom. The number of aliphatic imine (C=N–C) groups is 1. The molecule has 1 aliphatic heterocycles. The molecule has 1 aliphatic rings. The third-order valence-electron chi connectivity index (χ3n) is 4.63. The molecule has 1 unspecified atom stereocenters. The van der Waals surface area contributed by atoms with E-state index in [1.807, 2.05) is 0 Å². The van der Waals surface area contributed by atoms with Crippen molar-refractivity contribution in [3.05, 3.63) is 29.3 Å². The highest BCUT2D eigenvalue weighted by atomic mass is 32.2. The molecule has 154 valence electrons. The van der Waals surface area contributed by atoms with Gasteiger partial charge in [-0.3, -0.25) is 5.84 Å². The van der Waals surface area contributed by atoms with Gasteiger partial charge in [-0.1, -0.05) is 13.8 Å². The smallest absolute Gasteiger partial charge is 0.268 e. The van der Waals surface area contributed by atoms with Gasteiger partial charge in [-0.2, -0.15) is 31.6 Å². The average molecular weight is 424 g/mol. The summed E-state index contributed by atoms with van der Waals surface area (Å²) in [4.78, 5) is 4.17. The molecule has 1 heterocycles. The first-order valence-corrected chi connectivity index (χ1v) is 9.19. The zero-order chi connectivity index (χ0) is 21.3. The number of hydrazine groups is 1. The molecule has 2 atom stereocenters. The van der Waals surface area contributed by atoms with Gasteiger partial charge in [0.1, 0.15) is 0 Å². The number of thioether (sulfide) groups is 1. The lowest BCUT2D eigenvalue weighted by molar-refractivity contribution is -0.140. The van der Waals surface area contributed by atoms with E-state index in [1.54, 1.807) is 13.8 Å². The van der Waals surface area contributed by atoms with Crippen LogP contribution in [0.2, 0.25) is 0 Å². The van der Waals surface area contributed by atoms with Crippen LogP contribution in [0.3, 0.4) is 0 Å². The van der Waals surface area contributed by atoms with Crippen molar-refractivity contribution in [3.63, 3.8) is 0 Å². The number of hydrogen-bond donors (Lipinski definition) is 1. The molecular formula is C17H18F6N4S. The number of nitriles is 1. The first-order chi connectivity index (χ1) is 12.8. The second-order valence-electron chi connectivity index (χ2n) is 6.34. The predicted molar refractivity (Wildman–Crippen MR) is 94.9 cm³/mol. The topological polar surface area (TPSA) is 65.4 Å². The molecule has 0 bridgehead atoms. The van der Waals surface area contributed by atoms with E-state index in [4.69, 9.17) is 11.1 Å². The standard InChI is InChI=1S/C17H18F6N4S/c1-3-27(25)15(6-7-16(18,19)20)10(2)28-14(15)26-12-5-4-11(9-24)13(8-12)17(21,22)23/h4-5,8,10H,3,6-7,25H2,1-2H3/t10?,15-/m1/s1. The molecule has 1 aromatic rings. The summed E-state index contributed by atoms with van der Waals surface area (Å²) in [7, 11) is 0. The first-order valence-electron chi connectivity index (χ1n) is 8.31. The zero-order valence-corrected chi connectivity index (χ0v) is 15.8. The van der Waals surface area contributed by atoms with Gasteiger partial charge in [0, 0.05) is 18.2 Å². The average Bonchev–Trinajstić information content (AvgIpc) is 2.59. The molecule has 28 heavy (non-hydrogen) atoms. The van der Waals surface area contributed by atoms with E-state index in [0.717, 1.165) is 23.9 Å². The molecule has 0 aliphatic carbocycles. The Morgan fingerprint density at radius 1 is 1.29 bits per heavy atom. The summed E-state index contributed by atoms with van der Waals surface area (Å²) in [5.41, 5.74) is -3.00. The summed E-state index contributed by atoms with van der Waals surface area (Å²) in [5.74, 6) is 5.97. The van der Waals surface area contributed by atoms with E-state index < -0.39 is 35.4 Å². The van der Waals surface area contributed by atoms with E-state index in [9.17, 15) is 26.3 Å². The normalized spacial score (nSPS) is 24.3. The molecule has 1 fully saturated rings. The van der Waals surface area contributed by atoms with E-state index in [2.05, 4.69) is 4.99 Å². The predicted octanol–water partition coefficient (Wildman–Crippen LogP) is 5.02. The maximum absolute atomic E-state index is 13.1. The molecule has 11 heteroatoms. The zero-order valence-electron chi connectivity index (χ0n) is 15.0. The molecule has 0 amide bonds. The van der Waals surface area contributed by atoms with Crippen molar-refractivity contribution in [2.24, 2.45) is 10.8 Å². The fourth-order valence-corrected chi connectivity index (χ4v) is 4.55. The van der Waals surface area contributed by atoms with Crippen LogP contribution in [-0.4, -0.2) is 33.6 Å². The summed E-state index contributed by atoms with van der Waals surface area (Å²) in [6.45, 7) is 3.62. The fourth-order valence-electron chi connectivity index (χ4n) is 3.08. The molecule has 2 rings (SSSR count). The maximum atomic E-state index is 13.1. The number of halogens is 6. The van der Waals surface area contributed by atoms with Gasteiger partial charge in [0.2, 0.25) is 0 Å². The van der Waals surface area contributed by atoms with Crippen molar-refractivity contribution in [1.29, 1.82) is 5.26 Å². The summed E-state index contributed by atoms with van der Waals surface area (Å²) >= 11 is 1.16. The molecule has 0 spiro atoms. The SMILES string of the molecule is CCN(N)[C@@]1(CCC(F)(F)F)C(=Nc2ccc(C#N)c(C(F)(F)F)c2)SC1C. The van der Waals surface area contributed by atoms with Crippen molar-refractivity contribution in [1.82, 2.24) is 5.01 Å². The lowest BCUT2D eigenvalue weighted by atomic mass is 9.88. The molecule has 0 saturated carbocycles. The summed E-state index contributed by atoms with van der Waals surface area (Å²) < 4.78 is 77.8. The van der Waals surface area contributed by atoms with Gasteiger partial charge in [-0.05, 0) is 24.6 Å². The largest absolute Gasteiger partial charge is 0.417 e. The Bertz CT molecular complexity index is 798. The number of alkyl halides is 6. The van der Waals surface area contributed by atoms with E-state index in [0.29, 0.717) is 0 Å². The molecular weight excluding hydrogens is 406 g/mol. The van der Waals surface area contributed by atoms with E-state index in [-0.39, 0.29) is 28.9 Å². The highest BCUT2D eigenvalue weighted by molar-refractivity contribution is 8.17. The van der Waals surface area contributed by atoms with Gasteiger partial charge in [0.05, 0.1) is 33.5 Å². The molecule has 2 N–H and O–H groups in total. The quantitative estimate of drug-likeness (QED) is 0.410. The van der Waals surface area contributed by atoms with Crippen molar-refractivity contribution < 1.29 is 26.3 Å². The minimum absolute atomic E-state index is 0.0957. The Morgan fingerprint density at radius 2 is 1.93 bits per heavy atom. The van der Waals surface area contributed by atoms with Crippen molar-refractivity contribution >= 4 is 22.5 Å². The maximum Gasteiger partial charge on any atom is 0.417 e. The van der Waals surface area contributed by atoms with Crippen LogP contribution in [0.5, 0.6) is 0 Å². The van der Waals surface area contributed by atoms with Crippen LogP contribution in [0.4, 0.5) is 32.0 Å². The second-order valence-corrected chi connectivity index (χ2v) is 7.67.